The number of nitrogens with one attached hydrogen (secondary N) is 2. The van der Waals surface area contributed by atoms with Gasteiger partial charge < -0.3 is 25.2 Å². The fraction of sp³-hybridized carbons (Fsp3) is 0.0588. The molecule has 6 aromatic rings. The van der Waals surface area contributed by atoms with Gasteiger partial charge in [-0.2, -0.15) is 0 Å². The van der Waals surface area contributed by atoms with Crippen LogP contribution >= 0.6 is 0 Å². The van der Waals surface area contributed by atoms with Crippen molar-refractivity contribution in [2.75, 3.05) is 20.0 Å². The number of nitro benzene ring substituents is 1. The van der Waals surface area contributed by atoms with E-state index in [1.807, 2.05) is 36.4 Å². The van der Waals surface area contributed by atoms with Crippen molar-refractivity contribution < 1.29 is 24.0 Å². The molecular weight excluding hydrogens is 592 g/mol. The maximum absolute atomic E-state index is 12.3. The Morgan fingerprint density at radius 1 is 0.652 bits per heavy atom. The number of fused-ring (bicyclic) bond motifs is 2. The summed E-state index contributed by atoms with van der Waals surface area (Å²) in [6, 6.07) is 27.4. The van der Waals surface area contributed by atoms with Crippen molar-refractivity contribution in [1.82, 2.24) is 9.97 Å². The number of nitrogen functional groups attached to an aromatic ring is 1. The lowest BCUT2D eigenvalue weighted by atomic mass is 10.0. The van der Waals surface area contributed by atoms with Crippen LogP contribution in [0.4, 0.5) is 11.4 Å². The first-order valence-electron chi connectivity index (χ1n) is 13.7. The normalized spacial score (nSPS) is 10.6. The number of methoxy groups -OCH3 is 2. The van der Waals surface area contributed by atoms with E-state index in [1.54, 1.807) is 42.5 Å². The van der Waals surface area contributed by atoms with Gasteiger partial charge in [0.1, 0.15) is 16.9 Å². The number of anilines is 1. The number of H-pyrrole nitrogens is 2. The molecule has 0 amide bonds. The van der Waals surface area contributed by atoms with Crippen LogP contribution in [0.3, 0.4) is 0 Å². The molecule has 0 atom stereocenters. The molecule has 0 bridgehead atoms. The van der Waals surface area contributed by atoms with Crippen LogP contribution in [0.15, 0.2) is 107 Å². The molecule has 0 fully saturated rings. The Morgan fingerprint density at radius 3 is 1.54 bits per heavy atom. The van der Waals surface area contributed by atoms with Gasteiger partial charge >= 0.3 is 11.9 Å². The molecule has 12 nitrogen and oxygen atoms in total. The number of carbonyl (C=O) groups is 2. The molecule has 12 heteroatoms. The lowest BCUT2D eigenvalue weighted by Gasteiger charge is -2.08. The van der Waals surface area contributed by atoms with E-state index in [1.165, 1.54) is 19.2 Å². The predicted octanol–water partition coefficient (Wildman–Crippen LogP) is 5.45. The average molecular weight is 619 g/mol. The van der Waals surface area contributed by atoms with Gasteiger partial charge in [0.25, 0.3) is 5.69 Å². The Hall–Kier alpha value is -6.56. The van der Waals surface area contributed by atoms with Crippen LogP contribution in [0.1, 0.15) is 21.0 Å². The third-order valence-corrected chi connectivity index (χ3v) is 7.11. The van der Waals surface area contributed by atoms with Crippen LogP contribution in [0.25, 0.3) is 44.1 Å². The quantitative estimate of drug-likeness (QED) is 0.0976. The van der Waals surface area contributed by atoms with E-state index in [0.29, 0.717) is 22.2 Å². The van der Waals surface area contributed by atoms with E-state index in [9.17, 15) is 29.3 Å². The number of aromatic nitrogens is 2. The van der Waals surface area contributed by atoms with Crippen molar-refractivity contribution in [1.29, 1.82) is 0 Å². The number of esters is 2. The highest BCUT2D eigenvalue weighted by Crippen LogP contribution is 2.30. The maximum Gasteiger partial charge on any atom is 0.354 e. The molecule has 4 aromatic carbocycles. The number of hydrogen-bond acceptors (Lipinski definition) is 9. The average Bonchev–Trinajstić information content (AvgIpc) is 3.08. The second kappa shape index (κ2) is 13.0. The number of nitrogens with zero attached hydrogens (tertiary/aromatic N) is 1. The van der Waals surface area contributed by atoms with E-state index in [2.05, 4.69) is 19.4 Å². The first kappa shape index (κ1) is 30.9. The van der Waals surface area contributed by atoms with Crippen LogP contribution in [0.5, 0.6) is 0 Å². The summed E-state index contributed by atoms with van der Waals surface area (Å²) in [5, 5.41) is 12.0. The monoisotopic (exact) mass is 618 g/mol. The van der Waals surface area contributed by atoms with Crippen LogP contribution in [-0.2, 0) is 9.47 Å². The van der Waals surface area contributed by atoms with Crippen LogP contribution in [0, 0.1) is 10.1 Å². The summed E-state index contributed by atoms with van der Waals surface area (Å²) in [5.74, 6) is -1.37. The molecule has 6 rings (SSSR count). The van der Waals surface area contributed by atoms with Gasteiger partial charge in [0.15, 0.2) is 10.9 Å². The van der Waals surface area contributed by atoms with Crippen molar-refractivity contribution in [2.45, 2.75) is 0 Å². The number of non-ortho nitro benzene ring substituents is 1. The number of benzene rings is 4. The van der Waals surface area contributed by atoms with E-state index in [-0.39, 0.29) is 33.4 Å². The maximum atomic E-state index is 12.3. The fourth-order valence-electron chi connectivity index (χ4n) is 4.89. The minimum Gasteiger partial charge on any atom is -0.464 e. The largest absolute Gasteiger partial charge is 0.464 e. The van der Waals surface area contributed by atoms with Crippen molar-refractivity contribution in [3.8, 4) is 22.3 Å². The standard InChI is InChI=1S/C17H12N2O5.C17H14N2O3/c1-24-17(21)13-9-15(20)12-7-11(10-5-3-2-4-6-10)8-14(19(22)23)16(12)18-13;1-22-17(21)14-9-15(20)12-7-11(8-13(18)16(12)19-14)10-5-3-2-4-6-10/h2-9H,1H3,(H,18,20);2-9H,18H2,1H3,(H,19,20). The number of aromatic amines is 2. The second-order valence-corrected chi connectivity index (χ2v) is 9.97. The minimum absolute atomic E-state index is 0.00687. The Bertz CT molecular complexity index is 2240. The number of carbonyl (C=O) groups excluding carboxylic acids is 2. The molecule has 0 aliphatic rings. The van der Waals surface area contributed by atoms with Gasteiger partial charge in [0.05, 0.1) is 35.7 Å². The molecule has 230 valence electrons. The van der Waals surface area contributed by atoms with Crippen LogP contribution in [0.2, 0.25) is 0 Å². The highest BCUT2D eigenvalue weighted by atomic mass is 16.6. The summed E-state index contributed by atoms with van der Waals surface area (Å²) < 4.78 is 9.18. The number of nitro groups is 1. The fourth-order valence-corrected chi connectivity index (χ4v) is 4.89. The van der Waals surface area contributed by atoms with Crippen molar-refractivity contribution in [3.05, 3.63) is 139 Å². The van der Waals surface area contributed by atoms with E-state index < -0.39 is 22.3 Å². The number of pyridine rings is 2. The Labute approximate surface area is 260 Å². The topological polar surface area (TPSA) is 187 Å². The summed E-state index contributed by atoms with van der Waals surface area (Å²) in [5.41, 5.74) is 8.89. The van der Waals surface area contributed by atoms with Crippen LogP contribution < -0.4 is 16.6 Å². The van der Waals surface area contributed by atoms with Gasteiger partial charge in [0.2, 0.25) is 0 Å². The molecular formula is C34H26N4O8. The zero-order valence-electron chi connectivity index (χ0n) is 24.5. The summed E-state index contributed by atoms with van der Waals surface area (Å²) in [4.78, 5) is 64.1. The second-order valence-electron chi connectivity index (χ2n) is 9.97. The highest BCUT2D eigenvalue weighted by molar-refractivity contribution is 5.98. The third-order valence-electron chi connectivity index (χ3n) is 7.11. The Morgan fingerprint density at radius 2 is 1.09 bits per heavy atom. The summed E-state index contributed by atoms with van der Waals surface area (Å²) >= 11 is 0. The summed E-state index contributed by atoms with van der Waals surface area (Å²) in [6.45, 7) is 0. The summed E-state index contributed by atoms with van der Waals surface area (Å²) in [7, 11) is 2.42. The SMILES string of the molecule is COC(=O)c1cc(=O)c2cc(-c3ccccc3)cc(N)c2[nH]1.COC(=O)c1cc(=O)c2cc(-c3ccccc3)cc([N+](=O)[O-])c2[nH]1. The van der Waals surface area contributed by atoms with Gasteiger partial charge in [-0.25, -0.2) is 9.59 Å². The van der Waals surface area contributed by atoms with E-state index in [0.717, 1.165) is 29.9 Å². The van der Waals surface area contributed by atoms with E-state index in [4.69, 9.17) is 5.73 Å². The molecule has 0 spiro atoms. The zero-order chi connectivity index (χ0) is 33.0. The molecule has 2 heterocycles. The lowest BCUT2D eigenvalue weighted by molar-refractivity contribution is -0.383. The van der Waals surface area contributed by atoms with E-state index >= 15 is 0 Å². The molecule has 0 unspecified atom stereocenters. The van der Waals surface area contributed by atoms with Crippen molar-refractivity contribution >= 4 is 45.1 Å². The molecule has 46 heavy (non-hydrogen) atoms. The van der Waals surface area contributed by atoms with Gasteiger partial charge in [-0.3, -0.25) is 19.7 Å². The highest BCUT2D eigenvalue weighted by Gasteiger charge is 2.20. The number of nitrogens with two attached hydrogens (primary N) is 1. The van der Waals surface area contributed by atoms with Gasteiger partial charge in [-0.15, -0.1) is 0 Å². The number of hydrogen-bond donors (Lipinski definition) is 3. The van der Waals surface area contributed by atoms with Crippen molar-refractivity contribution in [2.24, 2.45) is 0 Å². The first-order valence-corrected chi connectivity index (χ1v) is 13.7. The number of ether oxygens (including phenoxy) is 2. The predicted molar refractivity (Wildman–Crippen MR) is 174 cm³/mol. The molecule has 0 aliphatic carbocycles. The lowest BCUT2D eigenvalue weighted by Crippen LogP contribution is -2.12. The third kappa shape index (κ3) is 6.21. The summed E-state index contributed by atoms with van der Waals surface area (Å²) in [6.07, 6.45) is 0. The molecule has 0 saturated carbocycles. The minimum atomic E-state index is -0.768. The molecule has 0 aliphatic heterocycles. The van der Waals surface area contributed by atoms with Gasteiger partial charge in [-0.1, -0.05) is 60.7 Å². The Balaban J connectivity index is 0.000000182. The van der Waals surface area contributed by atoms with Crippen molar-refractivity contribution in [3.63, 3.8) is 0 Å². The first-order chi connectivity index (χ1) is 22.1. The zero-order valence-corrected chi connectivity index (χ0v) is 24.5. The molecule has 2 aromatic heterocycles. The molecule has 4 N–H and O–H groups in total. The Kier molecular flexibility index (Phi) is 8.71. The smallest absolute Gasteiger partial charge is 0.354 e. The molecule has 0 radical (unpaired) electrons. The number of rotatable bonds is 5. The molecule has 0 saturated heterocycles. The van der Waals surface area contributed by atoms with Gasteiger partial charge in [-0.05, 0) is 40.5 Å². The van der Waals surface area contributed by atoms with Gasteiger partial charge in [0, 0.05) is 23.6 Å². The van der Waals surface area contributed by atoms with Crippen LogP contribution in [-0.4, -0.2) is 41.0 Å².